The zero-order chi connectivity index (χ0) is 15.1. The number of nitrogens with two attached hydrogens (primary N) is 1. The van der Waals surface area contributed by atoms with E-state index in [1.807, 2.05) is 23.2 Å². The summed E-state index contributed by atoms with van der Waals surface area (Å²) in [5.74, 6) is 0.464. The number of nitrogens with zero attached hydrogens (tertiary/aromatic N) is 4. The maximum Gasteiger partial charge on any atom is 0.240 e. The number of hydrogen-bond donors (Lipinski definition) is 2. The summed E-state index contributed by atoms with van der Waals surface area (Å²) in [6, 6.07) is 3.48. The van der Waals surface area contributed by atoms with Gasteiger partial charge in [0.1, 0.15) is 11.9 Å². The lowest BCUT2D eigenvalue weighted by Crippen LogP contribution is -2.48. The molecular formula is C15H16N6O. The third-order valence-corrected chi connectivity index (χ3v) is 4.26. The van der Waals surface area contributed by atoms with Crippen molar-refractivity contribution in [3.8, 4) is 0 Å². The van der Waals surface area contributed by atoms with E-state index in [2.05, 4.69) is 20.2 Å². The van der Waals surface area contributed by atoms with E-state index in [1.165, 1.54) is 0 Å². The van der Waals surface area contributed by atoms with Crippen molar-refractivity contribution in [1.82, 2.24) is 20.2 Å². The van der Waals surface area contributed by atoms with Crippen LogP contribution in [-0.4, -0.2) is 38.7 Å². The van der Waals surface area contributed by atoms with Gasteiger partial charge in [-0.05, 0) is 31.4 Å². The molecule has 0 bridgehead atoms. The lowest BCUT2D eigenvalue weighted by atomic mass is 10.0. The Bertz CT molecular complexity index is 857. The molecule has 3 aromatic heterocycles. The Morgan fingerprint density at radius 2 is 2.23 bits per heavy atom. The summed E-state index contributed by atoms with van der Waals surface area (Å²) in [7, 11) is 0. The molecule has 0 aromatic carbocycles. The van der Waals surface area contributed by atoms with Crippen LogP contribution in [0.4, 0.5) is 5.82 Å². The number of aromatic amines is 1. The van der Waals surface area contributed by atoms with Crippen molar-refractivity contribution in [2.75, 3.05) is 11.4 Å². The minimum Gasteiger partial charge on any atom is -0.368 e. The van der Waals surface area contributed by atoms with E-state index in [4.69, 9.17) is 5.73 Å². The maximum absolute atomic E-state index is 11.8. The monoisotopic (exact) mass is 296 g/mol. The van der Waals surface area contributed by atoms with Gasteiger partial charge in [0.2, 0.25) is 5.91 Å². The van der Waals surface area contributed by atoms with E-state index < -0.39 is 0 Å². The molecule has 112 valence electrons. The number of pyridine rings is 1. The molecule has 1 atom stereocenters. The number of H-pyrrole nitrogens is 1. The van der Waals surface area contributed by atoms with Crippen LogP contribution in [0.2, 0.25) is 0 Å². The van der Waals surface area contributed by atoms with Crippen LogP contribution in [0.25, 0.3) is 21.9 Å². The average molecular weight is 296 g/mol. The van der Waals surface area contributed by atoms with Crippen molar-refractivity contribution in [3.63, 3.8) is 0 Å². The molecule has 1 aliphatic heterocycles. The highest BCUT2D eigenvalue weighted by molar-refractivity contribution is 6.09. The molecule has 0 aliphatic carbocycles. The quantitative estimate of drug-likeness (QED) is 0.743. The molecule has 1 saturated heterocycles. The summed E-state index contributed by atoms with van der Waals surface area (Å²) >= 11 is 0. The van der Waals surface area contributed by atoms with Gasteiger partial charge in [-0.3, -0.25) is 4.79 Å². The minimum absolute atomic E-state index is 0.300. The molecule has 1 unspecified atom stereocenters. The van der Waals surface area contributed by atoms with Crippen molar-refractivity contribution >= 4 is 33.7 Å². The first-order chi connectivity index (χ1) is 10.8. The molecular weight excluding hydrogens is 280 g/mol. The Morgan fingerprint density at radius 3 is 3.09 bits per heavy atom. The number of fused-ring (bicyclic) bond motifs is 3. The topological polar surface area (TPSA) is 101 Å². The third kappa shape index (κ3) is 1.89. The van der Waals surface area contributed by atoms with Crippen LogP contribution < -0.4 is 10.6 Å². The number of nitrogens with one attached hydrogen (secondary N) is 1. The lowest BCUT2D eigenvalue weighted by Gasteiger charge is -2.35. The number of piperidine rings is 1. The maximum atomic E-state index is 11.8. The van der Waals surface area contributed by atoms with Gasteiger partial charge >= 0.3 is 0 Å². The predicted molar refractivity (Wildman–Crippen MR) is 83.4 cm³/mol. The fraction of sp³-hybridized carbons (Fsp3) is 0.333. The molecule has 4 rings (SSSR count). The first-order valence-corrected chi connectivity index (χ1v) is 7.40. The van der Waals surface area contributed by atoms with Crippen LogP contribution >= 0.6 is 0 Å². The highest BCUT2D eigenvalue weighted by Gasteiger charge is 2.29. The van der Waals surface area contributed by atoms with Gasteiger partial charge in [-0.1, -0.05) is 0 Å². The minimum atomic E-state index is -0.311. The van der Waals surface area contributed by atoms with Crippen LogP contribution in [0.15, 0.2) is 24.5 Å². The molecule has 7 heteroatoms. The van der Waals surface area contributed by atoms with Gasteiger partial charge in [-0.25, -0.2) is 4.98 Å². The van der Waals surface area contributed by atoms with Crippen molar-refractivity contribution in [3.05, 3.63) is 24.5 Å². The van der Waals surface area contributed by atoms with Crippen LogP contribution in [0.3, 0.4) is 0 Å². The SMILES string of the molecule is NC(=O)C1CCCCN1c1nccc2nnc3[nH]ccc3c12. The standard InChI is InChI=1S/C15H16N6O/c16-13(22)11-3-1-2-8-21(11)15-12-9-4-6-17-14(9)20-19-10(12)5-7-18-15/h4-7,11H,1-3,8H2,(H2,16,22)(H,17,20). The summed E-state index contributed by atoms with van der Waals surface area (Å²) in [4.78, 5) is 21.4. The number of carbonyl (C=O) groups is 1. The van der Waals surface area contributed by atoms with Gasteiger partial charge in [0.05, 0.1) is 10.9 Å². The van der Waals surface area contributed by atoms with E-state index in [-0.39, 0.29) is 11.9 Å². The Balaban J connectivity index is 1.97. The Morgan fingerprint density at radius 1 is 1.32 bits per heavy atom. The molecule has 0 radical (unpaired) electrons. The van der Waals surface area contributed by atoms with E-state index in [1.54, 1.807) is 6.20 Å². The molecule has 0 saturated carbocycles. The van der Waals surface area contributed by atoms with Crippen LogP contribution in [0.5, 0.6) is 0 Å². The number of aromatic nitrogens is 4. The molecule has 3 N–H and O–H groups in total. The second-order valence-electron chi connectivity index (χ2n) is 5.58. The molecule has 0 spiro atoms. The van der Waals surface area contributed by atoms with Gasteiger partial charge in [-0.2, -0.15) is 0 Å². The first-order valence-electron chi connectivity index (χ1n) is 7.40. The van der Waals surface area contributed by atoms with Gasteiger partial charge in [0.25, 0.3) is 0 Å². The fourth-order valence-corrected chi connectivity index (χ4v) is 3.23. The van der Waals surface area contributed by atoms with Gasteiger partial charge in [0, 0.05) is 24.3 Å². The lowest BCUT2D eigenvalue weighted by molar-refractivity contribution is -0.119. The zero-order valence-corrected chi connectivity index (χ0v) is 12.0. The predicted octanol–water partition coefficient (Wildman–Crippen LogP) is 1.35. The molecule has 1 aliphatic rings. The van der Waals surface area contributed by atoms with Gasteiger partial charge in [0.15, 0.2) is 5.65 Å². The number of carbonyl (C=O) groups excluding carboxylic acids is 1. The van der Waals surface area contributed by atoms with Crippen LogP contribution in [0.1, 0.15) is 19.3 Å². The first kappa shape index (κ1) is 13.0. The van der Waals surface area contributed by atoms with Crippen molar-refractivity contribution in [2.45, 2.75) is 25.3 Å². The highest BCUT2D eigenvalue weighted by Crippen LogP contribution is 2.32. The van der Waals surface area contributed by atoms with E-state index >= 15 is 0 Å². The summed E-state index contributed by atoms with van der Waals surface area (Å²) in [6.07, 6.45) is 6.34. The highest BCUT2D eigenvalue weighted by atomic mass is 16.1. The molecule has 4 heterocycles. The summed E-state index contributed by atoms with van der Waals surface area (Å²) < 4.78 is 0. The second-order valence-corrected chi connectivity index (χ2v) is 5.58. The normalized spacial score (nSPS) is 18.9. The summed E-state index contributed by atoms with van der Waals surface area (Å²) in [5, 5.41) is 10.3. The summed E-state index contributed by atoms with van der Waals surface area (Å²) in [6.45, 7) is 0.772. The fourth-order valence-electron chi connectivity index (χ4n) is 3.23. The number of primary amides is 1. The second kappa shape index (κ2) is 4.94. The van der Waals surface area contributed by atoms with Crippen LogP contribution in [-0.2, 0) is 4.79 Å². The Hall–Kier alpha value is -2.70. The Labute approximate surface area is 126 Å². The van der Waals surface area contributed by atoms with Crippen molar-refractivity contribution in [2.24, 2.45) is 5.73 Å². The van der Waals surface area contributed by atoms with E-state index in [9.17, 15) is 4.79 Å². The Kier molecular flexibility index (Phi) is 2.92. The van der Waals surface area contributed by atoms with Gasteiger partial charge in [-0.15, -0.1) is 10.2 Å². The number of anilines is 1. The van der Waals surface area contributed by atoms with Crippen molar-refractivity contribution in [1.29, 1.82) is 0 Å². The molecule has 22 heavy (non-hydrogen) atoms. The van der Waals surface area contributed by atoms with E-state index in [0.29, 0.717) is 0 Å². The van der Waals surface area contributed by atoms with Crippen molar-refractivity contribution < 1.29 is 4.79 Å². The summed E-state index contributed by atoms with van der Waals surface area (Å²) in [5.41, 5.74) is 7.08. The zero-order valence-electron chi connectivity index (χ0n) is 12.0. The smallest absolute Gasteiger partial charge is 0.240 e. The largest absolute Gasteiger partial charge is 0.368 e. The number of amides is 1. The number of rotatable bonds is 2. The average Bonchev–Trinajstić information content (AvgIpc) is 3.03. The molecule has 1 amide bonds. The third-order valence-electron chi connectivity index (χ3n) is 4.26. The molecule has 7 nitrogen and oxygen atoms in total. The van der Waals surface area contributed by atoms with Gasteiger partial charge < -0.3 is 15.6 Å². The molecule has 1 fully saturated rings. The van der Waals surface area contributed by atoms with Crippen LogP contribution in [0, 0.1) is 0 Å². The molecule has 3 aromatic rings. The number of hydrogen-bond acceptors (Lipinski definition) is 5. The van der Waals surface area contributed by atoms with E-state index in [0.717, 1.165) is 53.6 Å².